The highest BCUT2D eigenvalue weighted by atomic mass is 35.5. The van der Waals surface area contributed by atoms with Crippen molar-refractivity contribution in [3.8, 4) is 0 Å². The lowest BCUT2D eigenvalue weighted by atomic mass is 10.0. The molecule has 2 heterocycles. The number of amides is 1. The van der Waals surface area contributed by atoms with Gasteiger partial charge >= 0.3 is 11.8 Å². The Kier molecular flexibility index (Phi) is 8.96. The van der Waals surface area contributed by atoms with E-state index >= 15 is 0 Å². The van der Waals surface area contributed by atoms with Crippen molar-refractivity contribution in [2.45, 2.75) is 45.3 Å². The van der Waals surface area contributed by atoms with Crippen LogP contribution in [0.4, 0.5) is 22.0 Å². The fourth-order valence-corrected chi connectivity index (χ4v) is 4.95. The third-order valence-corrected chi connectivity index (χ3v) is 8.07. The number of halogens is 2. The lowest BCUT2D eigenvalue weighted by Gasteiger charge is -2.15. The molecule has 0 radical (unpaired) electrons. The number of nitrogens with zero attached hydrogens (tertiary/aromatic N) is 3. The van der Waals surface area contributed by atoms with Gasteiger partial charge in [0.15, 0.2) is 11.4 Å². The minimum Gasteiger partial charge on any atom is -0.465 e. The predicted molar refractivity (Wildman–Crippen MR) is 155 cm³/mol. The van der Waals surface area contributed by atoms with Crippen molar-refractivity contribution in [3.63, 3.8) is 0 Å². The molecular formula is C26H29Cl2N5O5Si. The minimum absolute atomic E-state index is 0.0362. The van der Waals surface area contributed by atoms with Crippen molar-refractivity contribution in [2.75, 3.05) is 17.2 Å². The minimum atomic E-state index is -1.29. The summed E-state index contributed by atoms with van der Waals surface area (Å²) >= 11 is 12.2. The zero-order chi connectivity index (χ0) is 28.2. The summed E-state index contributed by atoms with van der Waals surface area (Å²) in [4.78, 5) is 31.9. The Morgan fingerprint density at radius 1 is 1.15 bits per heavy atom. The SMILES string of the molecule is C[Si](C)(C)CCOCn1c(=O)oc2c(CCc3cccc(NC(=O)O)c3)cc(Nc3nc(Cl)ncc3Cl)cc21. The standard InChI is InChI=1S/C26H29Cl2N5O5Si/c1-39(2,3)10-9-37-15-33-21-13-19(30-23-20(27)14-29-24(28)32-23)12-17(22(21)38-26(33)36)8-7-16-5-4-6-18(11-16)31-25(34)35/h4-6,11-14,31H,7-10,15H2,1-3H3,(H,34,35)(H,29,30,32). The van der Waals surface area contributed by atoms with Crippen LogP contribution in [0.15, 0.2) is 51.8 Å². The summed E-state index contributed by atoms with van der Waals surface area (Å²) in [6.07, 6.45) is 1.34. The summed E-state index contributed by atoms with van der Waals surface area (Å²) in [5, 5.41) is 14.9. The maximum Gasteiger partial charge on any atom is 0.421 e. The van der Waals surface area contributed by atoms with Crippen LogP contribution in [0.1, 0.15) is 11.1 Å². The molecule has 0 aliphatic heterocycles. The van der Waals surface area contributed by atoms with E-state index in [1.807, 2.05) is 12.1 Å². The summed E-state index contributed by atoms with van der Waals surface area (Å²) in [5.74, 6) is -0.203. The molecule has 4 rings (SSSR count). The van der Waals surface area contributed by atoms with Crippen LogP contribution < -0.4 is 16.4 Å². The van der Waals surface area contributed by atoms with Crippen molar-refractivity contribution < 1.29 is 19.1 Å². The Morgan fingerprint density at radius 3 is 2.69 bits per heavy atom. The van der Waals surface area contributed by atoms with Gasteiger partial charge in [0.05, 0.1) is 11.7 Å². The number of anilines is 3. The van der Waals surface area contributed by atoms with Gasteiger partial charge in [-0.1, -0.05) is 43.4 Å². The Balaban J connectivity index is 1.67. The topological polar surface area (TPSA) is 132 Å². The normalized spacial score (nSPS) is 11.6. The number of rotatable bonds is 11. The van der Waals surface area contributed by atoms with Crippen LogP contribution in [0.5, 0.6) is 0 Å². The average molecular weight is 591 g/mol. The van der Waals surface area contributed by atoms with Gasteiger partial charge in [-0.3, -0.25) is 5.32 Å². The molecule has 2 aromatic carbocycles. The molecule has 0 atom stereocenters. The van der Waals surface area contributed by atoms with E-state index in [4.69, 9.17) is 37.5 Å². The number of carboxylic acid groups (broad SMARTS) is 1. The maximum atomic E-state index is 12.9. The molecule has 2 aromatic heterocycles. The highest BCUT2D eigenvalue weighted by Crippen LogP contribution is 2.29. The molecule has 0 aliphatic rings. The Hall–Kier alpha value is -3.38. The third kappa shape index (κ3) is 7.82. The molecule has 0 saturated carbocycles. The van der Waals surface area contributed by atoms with Crippen molar-refractivity contribution in [2.24, 2.45) is 0 Å². The number of fused-ring (bicyclic) bond motifs is 1. The lowest BCUT2D eigenvalue weighted by molar-refractivity contribution is 0.0850. The van der Waals surface area contributed by atoms with Crippen molar-refractivity contribution in [3.05, 3.63) is 74.6 Å². The number of aryl methyl sites for hydroxylation is 2. The van der Waals surface area contributed by atoms with Crippen LogP contribution in [0.2, 0.25) is 36.0 Å². The van der Waals surface area contributed by atoms with Gasteiger partial charge < -0.3 is 19.6 Å². The van der Waals surface area contributed by atoms with E-state index in [-0.39, 0.29) is 17.0 Å². The fraction of sp³-hybridized carbons (Fsp3) is 0.308. The number of ether oxygens (including phenoxy) is 1. The Morgan fingerprint density at radius 2 is 1.95 bits per heavy atom. The van der Waals surface area contributed by atoms with Gasteiger partial charge in [-0.05, 0) is 65.9 Å². The number of hydrogen-bond acceptors (Lipinski definition) is 7. The summed E-state index contributed by atoms with van der Waals surface area (Å²) in [6, 6.07) is 11.7. The zero-order valence-corrected chi connectivity index (χ0v) is 24.3. The number of aromatic nitrogens is 3. The van der Waals surface area contributed by atoms with Gasteiger partial charge in [0.25, 0.3) is 0 Å². The molecule has 39 heavy (non-hydrogen) atoms. The van der Waals surface area contributed by atoms with E-state index in [1.54, 1.807) is 24.3 Å². The molecule has 3 N–H and O–H groups in total. The molecule has 13 heteroatoms. The maximum absolute atomic E-state index is 12.9. The first-order chi connectivity index (χ1) is 18.5. The lowest BCUT2D eigenvalue weighted by Crippen LogP contribution is -2.23. The fourth-order valence-electron chi connectivity index (χ4n) is 3.92. The quantitative estimate of drug-likeness (QED) is 0.101. The van der Waals surface area contributed by atoms with E-state index in [0.29, 0.717) is 47.7 Å². The largest absolute Gasteiger partial charge is 0.465 e. The molecule has 0 unspecified atom stereocenters. The second-order valence-electron chi connectivity index (χ2n) is 10.2. The van der Waals surface area contributed by atoms with Crippen molar-refractivity contribution in [1.82, 2.24) is 14.5 Å². The van der Waals surface area contributed by atoms with Gasteiger partial charge in [-0.2, -0.15) is 4.98 Å². The van der Waals surface area contributed by atoms with E-state index < -0.39 is 19.9 Å². The monoisotopic (exact) mass is 589 g/mol. The van der Waals surface area contributed by atoms with Gasteiger partial charge in [-0.25, -0.2) is 19.1 Å². The molecular weight excluding hydrogens is 561 g/mol. The van der Waals surface area contributed by atoms with E-state index in [1.165, 1.54) is 10.8 Å². The first-order valence-corrected chi connectivity index (χ1v) is 16.7. The van der Waals surface area contributed by atoms with E-state index in [0.717, 1.165) is 17.2 Å². The summed E-state index contributed by atoms with van der Waals surface area (Å²) in [7, 11) is -1.29. The van der Waals surface area contributed by atoms with E-state index in [2.05, 4.69) is 40.2 Å². The first kappa shape index (κ1) is 28.6. The summed E-state index contributed by atoms with van der Waals surface area (Å²) < 4.78 is 13.0. The second-order valence-corrected chi connectivity index (χ2v) is 16.6. The highest BCUT2D eigenvalue weighted by Gasteiger charge is 2.18. The van der Waals surface area contributed by atoms with Crippen LogP contribution in [-0.2, 0) is 24.3 Å². The number of carbonyl (C=O) groups is 1. The molecule has 0 aliphatic carbocycles. The Bertz CT molecular complexity index is 1550. The van der Waals surface area contributed by atoms with Gasteiger partial charge in [-0.15, -0.1) is 0 Å². The molecule has 0 bridgehead atoms. The second kappa shape index (κ2) is 12.2. The molecule has 0 spiro atoms. The van der Waals surface area contributed by atoms with Gasteiger partial charge in [0, 0.05) is 26.1 Å². The zero-order valence-electron chi connectivity index (χ0n) is 21.8. The number of nitrogens with one attached hydrogen (secondary N) is 2. The molecule has 0 fully saturated rings. The smallest absolute Gasteiger partial charge is 0.421 e. The van der Waals surface area contributed by atoms with Crippen LogP contribution in [0.3, 0.4) is 0 Å². The molecule has 0 saturated heterocycles. The van der Waals surface area contributed by atoms with Crippen LogP contribution >= 0.6 is 23.2 Å². The predicted octanol–water partition coefficient (Wildman–Crippen LogP) is 6.62. The van der Waals surface area contributed by atoms with E-state index in [9.17, 15) is 9.59 Å². The van der Waals surface area contributed by atoms with Crippen LogP contribution in [0, 0.1) is 0 Å². The Labute approximate surface area is 235 Å². The van der Waals surface area contributed by atoms with Gasteiger partial charge in [0.2, 0.25) is 5.28 Å². The number of oxazole rings is 1. The third-order valence-electron chi connectivity index (χ3n) is 5.90. The summed E-state index contributed by atoms with van der Waals surface area (Å²) in [6.45, 7) is 7.39. The van der Waals surface area contributed by atoms with Crippen LogP contribution in [-0.4, -0.2) is 40.4 Å². The van der Waals surface area contributed by atoms with Gasteiger partial charge in [0.1, 0.15) is 11.8 Å². The first-order valence-electron chi connectivity index (χ1n) is 12.3. The van der Waals surface area contributed by atoms with Crippen molar-refractivity contribution in [1.29, 1.82) is 0 Å². The molecule has 206 valence electrons. The number of benzene rings is 2. The van der Waals surface area contributed by atoms with Crippen molar-refractivity contribution >= 4 is 65.7 Å². The molecule has 10 nitrogen and oxygen atoms in total. The number of hydrogen-bond donors (Lipinski definition) is 3. The average Bonchev–Trinajstić information content (AvgIpc) is 3.17. The molecule has 1 amide bonds. The van der Waals surface area contributed by atoms with Crippen LogP contribution in [0.25, 0.3) is 11.1 Å². The highest BCUT2D eigenvalue weighted by molar-refractivity contribution is 6.76. The molecule has 4 aromatic rings. The summed E-state index contributed by atoms with van der Waals surface area (Å²) in [5.41, 5.74) is 3.78.